The van der Waals surface area contributed by atoms with Gasteiger partial charge in [-0.25, -0.2) is 4.98 Å². The van der Waals surface area contributed by atoms with Gasteiger partial charge in [-0.15, -0.1) is 0 Å². The number of aromatic nitrogens is 1. The van der Waals surface area contributed by atoms with E-state index < -0.39 is 6.10 Å². The second-order valence-electron chi connectivity index (χ2n) is 3.93. The van der Waals surface area contributed by atoms with E-state index in [1.165, 1.54) is 0 Å². The van der Waals surface area contributed by atoms with Gasteiger partial charge < -0.3 is 10.8 Å². The summed E-state index contributed by atoms with van der Waals surface area (Å²) in [6.45, 7) is 0. The molecule has 3 nitrogen and oxygen atoms in total. The standard InChI is InChI=1S/C13H12Cl2N2O/c14-9-3-4-10(11(15)7-9)12(18)6-8-2-1-5-17-13(8)16/h1-5,7,12,18H,6H2,(H2,16,17). The van der Waals surface area contributed by atoms with Crippen LogP contribution in [0.3, 0.4) is 0 Å². The van der Waals surface area contributed by atoms with Gasteiger partial charge in [0.05, 0.1) is 6.10 Å². The molecular weight excluding hydrogens is 271 g/mol. The van der Waals surface area contributed by atoms with Crippen LogP contribution in [0.4, 0.5) is 5.82 Å². The van der Waals surface area contributed by atoms with Crippen LogP contribution < -0.4 is 5.73 Å². The van der Waals surface area contributed by atoms with Crippen LogP contribution in [0.15, 0.2) is 36.5 Å². The van der Waals surface area contributed by atoms with Crippen molar-refractivity contribution in [3.8, 4) is 0 Å². The minimum atomic E-state index is -0.735. The van der Waals surface area contributed by atoms with Crippen LogP contribution in [0, 0.1) is 0 Å². The minimum Gasteiger partial charge on any atom is -0.388 e. The molecule has 94 valence electrons. The number of benzene rings is 1. The van der Waals surface area contributed by atoms with Gasteiger partial charge in [-0.05, 0) is 29.3 Å². The Morgan fingerprint density at radius 3 is 2.72 bits per heavy atom. The fourth-order valence-electron chi connectivity index (χ4n) is 1.71. The summed E-state index contributed by atoms with van der Waals surface area (Å²) in [7, 11) is 0. The van der Waals surface area contributed by atoms with E-state index >= 15 is 0 Å². The Kier molecular flexibility index (Phi) is 4.07. The Morgan fingerprint density at radius 1 is 1.28 bits per heavy atom. The van der Waals surface area contributed by atoms with Crippen molar-refractivity contribution in [2.24, 2.45) is 0 Å². The van der Waals surface area contributed by atoms with Gasteiger partial charge in [-0.2, -0.15) is 0 Å². The van der Waals surface area contributed by atoms with Crippen LogP contribution in [-0.4, -0.2) is 10.1 Å². The van der Waals surface area contributed by atoms with E-state index in [1.54, 1.807) is 30.5 Å². The van der Waals surface area contributed by atoms with Crippen LogP contribution in [0.1, 0.15) is 17.2 Å². The number of nitrogen functional groups attached to an aromatic ring is 1. The third-order valence-electron chi connectivity index (χ3n) is 2.66. The first kappa shape index (κ1) is 13.1. The second-order valence-corrected chi connectivity index (χ2v) is 4.78. The lowest BCUT2D eigenvalue weighted by molar-refractivity contribution is 0.178. The number of aliphatic hydroxyl groups is 1. The van der Waals surface area contributed by atoms with E-state index in [1.807, 2.05) is 6.07 Å². The van der Waals surface area contributed by atoms with Gasteiger partial charge in [0.2, 0.25) is 0 Å². The van der Waals surface area contributed by atoms with E-state index in [-0.39, 0.29) is 0 Å². The van der Waals surface area contributed by atoms with Crippen LogP contribution in [-0.2, 0) is 6.42 Å². The predicted octanol–water partition coefficient (Wildman–Crippen LogP) is 3.25. The molecule has 0 aliphatic carbocycles. The lowest BCUT2D eigenvalue weighted by Gasteiger charge is -2.13. The van der Waals surface area contributed by atoms with Crippen molar-refractivity contribution in [1.82, 2.24) is 4.98 Å². The van der Waals surface area contributed by atoms with Gasteiger partial charge in [0.25, 0.3) is 0 Å². The average molecular weight is 283 g/mol. The number of hydrogen-bond acceptors (Lipinski definition) is 3. The Morgan fingerprint density at radius 2 is 2.06 bits per heavy atom. The number of rotatable bonds is 3. The van der Waals surface area contributed by atoms with Gasteiger partial charge in [-0.3, -0.25) is 0 Å². The highest BCUT2D eigenvalue weighted by Crippen LogP contribution is 2.29. The molecule has 0 bridgehead atoms. The number of aliphatic hydroxyl groups excluding tert-OH is 1. The first-order valence-corrected chi connectivity index (χ1v) is 6.16. The normalized spacial score (nSPS) is 12.4. The second kappa shape index (κ2) is 5.57. The average Bonchev–Trinajstić information content (AvgIpc) is 2.32. The topological polar surface area (TPSA) is 59.1 Å². The lowest BCUT2D eigenvalue weighted by Crippen LogP contribution is -2.05. The first-order valence-electron chi connectivity index (χ1n) is 5.40. The number of nitrogens with zero attached hydrogens (tertiary/aromatic N) is 1. The maximum absolute atomic E-state index is 10.2. The molecule has 1 aromatic heterocycles. The third kappa shape index (κ3) is 2.93. The number of hydrogen-bond donors (Lipinski definition) is 2. The zero-order valence-electron chi connectivity index (χ0n) is 9.48. The van der Waals surface area contributed by atoms with E-state index in [0.29, 0.717) is 27.8 Å². The molecule has 0 saturated carbocycles. The van der Waals surface area contributed by atoms with Crippen LogP contribution >= 0.6 is 23.2 Å². The number of halogens is 2. The van der Waals surface area contributed by atoms with Crippen molar-refractivity contribution < 1.29 is 5.11 Å². The van der Waals surface area contributed by atoms with Crippen molar-refractivity contribution in [2.75, 3.05) is 5.73 Å². The SMILES string of the molecule is Nc1ncccc1CC(O)c1ccc(Cl)cc1Cl. The van der Waals surface area contributed by atoms with Gasteiger partial charge in [0.1, 0.15) is 5.82 Å². The number of pyridine rings is 1. The molecule has 0 amide bonds. The molecule has 5 heteroatoms. The molecule has 0 fully saturated rings. The molecule has 1 atom stereocenters. The van der Waals surface area contributed by atoms with Crippen LogP contribution in [0.5, 0.6) is 0 Å². The summed E-state index contributed by atoms with van der Waals surface area (Å²) < 4.78 is 0. The largest absolute Gasteiger partial charge is 0.388 e. The fraction of sp³-hybridized carbons (Fsp3) is 0.154. The van der Waals surface area contributed by atoms with E-state index in [2.05, 4.69) is 4.98 Å². The quantitative estimate of drug-likeness (QED) is 0.909. The zero-order valence-corrected chi connectivity index (χ0v) is 11.0. The molecule has 1 heterocycles. The van der Waals surface area contributed by atoms with Crippen molar-refractivity contribution in [2.45, 2.75) is 12.5 Å². The molecule has 2 rings (SSSR count). The molecule has 1 aromatic carbocycles. The smallest absolute Gasteiger partial charge is 0.126 e. The van der Waals surface area contributed by atoms with E-state index in [9.17, 15) is 5.11 Å². The van der Waals surface area contributed by atoms with E-state index in [4.69, 9.17) is 28.9 Å². The summed E-state index contributed by atoms with van der Waals surface area (Å²) in [5, 5.41) is 11.1. The van der Waals surface area contributed by atoms with Gasteiger partial charge in [-0.1, -0.05) is 35.3 Å². The van der Waals surface area contributed by atoms with Gasteiger partial charge >= 0.3 is 0 Å². The molecule has 0 aliphatic rings. The zero-order chi connectivity index (χ0) is 13.1. The molecule has 0 saturated heterocycles. The van der Waals surface area contributed by atoms with Crippen molar-refractivity contribution >= 4 is 29.0 Å². The Bertz CT molecular complexity index is 560. The number of nitrogens with two attached hydrogens (primary N) is 1. The summed E-state index contributed by atoms with van der Waals surface area (Å²) >= 11 is 11.9. The Balaban J connectivity index is 2.22. The van der Waals surface area contributed by atoms with Gasteiger partial charge in [0.15, 0.2) is 0 Å². The minimum absolute atomic E-state index is 0.362. The van der Waals surface area contributed by atoms with Crippen molar-refractivity contribution in [3.63, 3.8) is 0 Å². The van der Waals surface area contributed by atoms with E-state index in [0.717, 1.165) is 5.56 Å². The molecule has 1 unspecified atom stereocenters. The van der Waals surface area contributed by atoms with Crippen molar-refractivity contribution in [3.05, 3.63) is 57.7 Å². The fourth-order valence-corrected chi connectivity index (χ4v) is 2.25. The maximum atomic E-state index is 10.2. The monoisotopic (exact) mass is 282 g/mol. The highest BCUT2D eigenvalue weighted by molar-refractivity contribution is 6.35. The summed E-state index contributed by atoms with van der Waals surface area (Å²) in [4.78, 5) is 3.97. The molecule has 2 aromatic rings. The Hall–Kier alpha value is -1.29. The summed E-state index contributed by atoms with van der Waals surface area (Å²) in [6.07, 6.45) is 1.24. The molecular formula is C13H12Cl2N2O. The maximum Gasteiger partial charge on any atom is 0.126 e. The highest BCUT2D eigenvalue weighted by Gasteiger charge is 2.14. The van der Waals surface area contributed by atoms with Crippen LogP contribution in [0.25, 0.3) is 0 Å². The predicted molar refractivity (Wildman–Crippen MR) is 73.8 cm³/mol. The third-order valence-corrected chi connectivity index (χ3v) is 3.22. The Labute approximate surface area is 115 Å². The summed E-state index contributed by atoms with van der Waals surface area (Å²) in [5.74, 6) is 0.418. The summed E-state index contributed by atoms with van der Waals surface area (Å²) in [5.41, 5.74) is 7.15. The lowest BCUT2D eigenvalue weighted by atomic mass is 10.0. The van der Waals surface area contributed by atoms with Crippen molar-refractivity contribution in [1.29, 1.82) is 0 Å². The van der Waals surface area contributed by atoms with Gasteiger partial charge in [0, 0.05) is 22.7 Å². The summed E-state index contributed by atoms with van der Waals surface area (Å²) in [6, 6.07) is 8.62. The van der Waals surface area contributed by atoms with Crippen LogP contribution in [0.2, 0.25) is 10.0 Å². The first-order chi connectivity index (χ1) is 8.58. The molecule has 0 radical (unpaired) electrons. The molecule has 3 N–H and O–H groups in total. The highest BCUT2D eigenvalue weighted by atomic mass is 35.5. The number of anilines is 1. The molecule has 0 spiro atoms. The molecule has 0 aliphatic heterocycles. The molecule has 18 heavy (non-hydrogen) atoms.